The number of hydrogen-bond acceptors (Lipinski definition) is 5. The summed E-state index contributed by atoms with van der Waals surface area (Å²) < 4.78 is 27.4. The second-order valence-electron chi connectivity index (χ2n) is 6.96. The van der Waals surface area contributed by atoms with Gasteiger partial charge in [0.25, 0.3) is 0 Å². The van der Waals surface area contributed by atoms with Gasteiger partial charge >= 0.3 is 0 Å². The molecule has 1 unspecified atom stereocenters. The van der Waals surface area contributed by atoms with E-state index in [4.69, 9.17) is 16.6 Å². The van der Waals surface area contributed by atoms with Crippen molar-refractivity contribution >= 4 is 33.0 Å². The predicted molar refractivity (Wildman–Crippen MR) is 117 cm³/mol. The van der Waals surface area contributed by atoms with E-state index in [1.165, 1.54) is 10.4 Å². The molecule has 2 N–H and O–H groups in total. The molecular weight excluding hydrogens is 426 g/mol. The van der Waals surface area contributed by atoms with Crippen LogP contribution < -0.4 is 10.0 Å². The number of aromatic nitrogens is 1. The molecule has 4 rings (SSSR count). The normalized spacial score (nSPS) is 16.5. The van der Waals surface area contributed by atoms with E-state index < -0.39 is 10.0 Å². The minimum atomic E-state index is -3.48. The van der Waals surface area contributed by atoms with Crippen molar-refractivity contribution in [3.63, 3.8) is 0 Å². The summed E-state index contributed by atoms with van der Waals surface area (Å²) in [6, 6.07) is 16.5. The van der Waals surface area contributed by atoms with Gasteiger partial charge < -0.3 is 5.32 Å². The van der Waals surface area contributed by atoms with Gasteiger partial charge in [-0.05, 0) is 42.7 Å². The van der Waals surface area contributed by atoms with Gasteiger partial charge in [0.1, 0.15) is 0 Å². The smallest absolute Gasteiger partial charge is 0.240 e. The molecule has 0 radical (unpaired) electrons. The Morgan fingerprint density at radius 2 is 1.90 bits per heavy atom. The standard InChI is InChI=1S/C21H22ClN3O2S2/c22-16-8-6-15(7-9-16)14-18-21-19(10-12-23-18)28-20(25-21)11-13-24-29(26,27)17-4-2-1-3-5-17/h1-9,18,23-24H,10-14H2. The number of hydrogen-bond donors (Lipinski definition) is 2. The highest BCUT2D eigenvalue weighted by Gasteiger charge is 2.24. The number of rotatable bonds is 7. The lowest BCUT2D eigenvalue weighted by molar-refractivity contribution is 0.495. The highest BCUT2D eigenvalue weighted by molar-refractivity contribution is 7.89. The lowest BCUT2D eigenvalue weighted by Gasteiger charge is -2.23. The molecular formula is C21H22ClN3O2S2. The number of nitrogens with zero attached hydrogens (tertiary/aromatic N) is 1. The van der Waals surface area contributed by atoms with Crippen molar-refractivity contribution in [3.05, 3.63) is 80.8 Å². The Kier molecular flexibility index (Phi) is 6.32. The molecule has 3 aromatic rings. The van der Waals surface area contributed by atoms with Crippen LogP contribution in [0.3, 0.4) is 0 Å². The summed E-state index contributed by atoms with van der Waals surface area (Å²) in [5, 5.41) is 5.26. The quantitative estimate of drug-likeness (QED) is 0.578. The Hall–Kier alpha value is -1.77. The molecule has 1 atom stereocenters. The zero-order valence-electron chi connectivity index (χ0n) is 15.8. The molecule has 0 bridgehead atoms. The first-order chi connectivity index (χ1) is 14.0. The summed E-state index contributed by atoms with van der Waals surface area (Å²) >= 11 is 7.67. The molecule has 8 heteroatoms. The number of thiazole rings is 1. The van der Waals surface area contributed by atoms with Gasteiger partial charge in [-0.25, -0.2) is 18.1 Å². The molecule has 0 saturated heterocycles. The fraction of sp³-hybridized carbons (Fsp3) is 0.286. The summed E-state index contributed by atoms with van der Waals surface area (Å²) in [4.78, 5) is 6.41. The fourth-order valence-electron chi connectivity index (χ4n) is 3.43. The fourth-order valence-corrected chi connectivity index (χ4v) is 5.74. The van der Waals surface area contributed by atoms with E-state index in [1.807, 2.05) is 24.3 Å². The van der Waals surface area contributed by atoms with E-state index in [9.17, 15) is 8.42 Å². The Balaban J connectivity index is 1.40. The average molecular weight is 448 g/mol. The van der Waals surface area contributed by atoms with Gasteiger partial charge in [0.2, 0.25) is 10.0 Å². The third-order valence-corrected chi connectivity index (χ3v) is 7.80. The summed E-state index contributed by atoms with van der Waals surface area (Å²) in [7, 11) is -3.48. The maximum absolute atomic E-state index is 12.3. The van der Waals surface area contributed by atoms with Crippen molar-refractivity contribution in [2.24, 2.45) is 0 Å². The van der Waals surface area contributed by atoms with Crippen LogP contribution in [0.15, 0.2) is 59.5 Å². The second-order valence-corrected chi connectivity index (χ2v) is 10.3. The molecule has 0 aliphatic carbocycles. The van der Waals surface area contributed by atoms with Crippen LogP contribution >= 0.6 is 22.9 Å². The maximum atomic E-state index is 12.3. The first-order valence-corrected chi connectivity index (χ1v) is 12.2. The highest BCUT2D eigenvalue weighted by Crippen LogP contribution is 2.30. The average Bonchev–Trinajstić information content (AvgIpc) is 3.14. The van der Waals surface area contributed by atoms with E-state index in [0.717, 1.165) is 35.1 Å². The Morgan fingerprint density at radius 3 is 2.66 bits per heavy atom. The molecule has 1 aliphatic rings. The monoisotopic (exact) mass is 447 g/mol. The lowest BCUT2D eigenvalue weighted by atomic mass is 9.99. The number of nitrogens with one attached hydrogen (secondary N) is 2. The summed E-state index contributed by atoms with van der Waals surface area (Å²) in [5.41, 5.74) is 2.31. The topological polar surface area (TPSA) is 71.1 Å². The molecule has 29 heavy (non-hydrogen) atoms. The molecule has 2 aromatic carbocycles. The van der Waals surface area contributed by atoms with Crippen LogP contribution in [0.4, 0.5) is 0 Å². The van der Waals surface area contributed by atoms with Crippen LogP contribution in [-0.2, 0) is 29.3 Å². The lowest BCUT2D eigenvalue weighted by Crippen LogP contribution is -2.30. The molecule has 1 aliphatic heterocycles. The van der Waals surface area contributed by atoms with E-state index in [1.54, 1.807) is 41.7 Å². The SMILES string of the molecule is O=S(=O)(NCCc1nc2c(s1)CCNC2Cc1ccc(Cl)cc1)c1ccccc1. The van der Waals surface area contributed by atoms with Gasteiger partial charge in [-0.3, -0.25) is 0 Å². The Morgan fingerprint density at radius 1 is 1.14 bits per heavy atom. The number of halogens is 1. The van der Waals surface area contributed by atoms with Gasteiger partial charge in [-0.1, -0.05) is 41.9 Å². The van der Waals surface area contributed by atoms with Gasteiger partial charge in [-0.15, -0.1) is 11.3 Å². The second kappa shape index (κ2) is 8.93. The van der Waals surface area contributed by atoms with Gasteiger partial charge in [0.15, 0.2) is 0 Å². The van der Waals surface area contributed by atoms with Crippen LogP contribution in [0.1, 0.15) is 27.2 Å². The largest absolute Gasteiger partial charge is 0.308 e. The van der Waals surface area contributed by atoms with Crippen molar-refractivity contribution in [2.45, 2.75) is 30.2 Å². The van der Waals surface area contributed by atoms with Crippen molar-refractivity contribution in [2.75, 3.05) is 13.1 Å². The van der Waals surface area contributed by atoms with Crippen LogP contribution in [0.2, 0.25) is 5.02 Å². The molecule has 0 saturated carbocycles. The molecule has 5 nitrogen and oxygen atoms in total. The third-order valence-electron chi connectivity index (χ3n) is 4.88. The van der Waals surface area contributed by atoms with Crippen molar-refractivity contribution < 1.29 is 8.42 Å². The van der Waals surface area contributed by atoms with E-state index in [2.05, 4.69) is 10.0 Å². The van der Waals surface area contributed by atoms with Crippen molar-refractivity contribution in [3.8, 4) is 0 Å². The van der Waals surface area contributed by atoms with Gasteiger partial charge in [-0.2, -0.15) is 0 Å². The first kappa shape index (κ1) is 20.5. The summed E-state index contributed by atoms with van der Waals surface area (Å²) in [6.07, 6.45) is 2.39. The van der Waals surface area contributed by atoms with Crippen LogP contribution in [0, 0.1) is 0 Å². The van der Waals surface area contributed by atoms with Crippen molar-refractivity contribution in [1.82, 2.24) is 15.0 Å². The molecule has 2 heterocycles. The highest BCUT2D eigenvalue weighted by atomic mass is 35.5. The Bertz CT molecular complexity index is 1070. The van der Waals surface area contributed by atoms with Crippen LogP contribution in [-0.4, -0.2) is 26.5 Å². The van der Waals surface area contributed by atoms with Gasteiger partial charge in [0.05, 0.1) is 21.6 Å². The van der Waals surface area contributed by atoms with E-state index >= 15 is 0 Å². The van der Waals surface area contributed by atoms with Crippen LogP contribution in [0.25, 0.3) is 0 Å². The molecule has 1 aromatic heterocycles. The molecule has 0 fully saturated rings. The third kappa shape index (κ3) is 5.05. The van der Waals surface area contributed by atoms with E-state index in [-0.39, 0.29) is 10.9 Å². The summed E-state index contributed by atoms with van der Waals surface area (Å²) in [5.74, 6) is 0. The maximum Gasteiger partial charge on any atom is 0.240 e. The van der Waals surface area contributed by atoms with Gasteiger partial charge in [0, 0.05) is 29.4 Å². The number of sulfonamides is 1. The van der Waals surface area contributed by atoms with E-state index in [0.29, 0.717) is 13.0 Å². The number of benzene rings is 2. The first-order valence-electron chi connectivity index (χ1n) is 9.52. The predicted octanol–water partition coefficient (Wildman–Crippen LogP) is 3.75. The van der Waals surface area contributed by atoms with Crippen LogP contribution in [0.5, 0.6) is 0 Å². The zero-order valence-corrected chi connectivity index (χ0v) is 18.2. The van der Waals surface area contributed by atoms with Crippen molar-refractivity contribution in [1.29, 1.82) is 0 Å². The minimum Gasteiger partial charge on any atom is -0.308 e. The molecule has 0 spiro atoms. The molecule has 152 valence electrons. The minimum absolute atomic E-state index is 0.172. The summed E-state index contributed by atoms with van der Waals surface area (Å²) in [6.45, 7) is 1.26. The molecule has 0 amide bonds. The Labute approximate surface area is 180 Å². The zero-order chi connectivity index (χ0) is 20.3. The number of fused-ring (bicyclic) bond motifs is 1.